The molecule has 1 aromatic rings. The van der Waals surface area contributed by atoms with E-state index in [9.17, 15) is 4.79 Å². The molecular formula is C12H14O. The van der Waals surface area contributed by atoms with Crippen LogP contribution in [0, 0.1) is 0 Å². The molecule has 0 amide bonds. The molecule has 0 bridgehead atoms. The summed E-state index contributed by atoms with van der Waals surface area (Å²) < 4.78 is 0. The molecule has 1 heteroatoms. The van der Waals surface area contributed by atoms with Crippen LogP contribution >= 0.6 is 0 Å². The fraction of sp³-hybridized carbons (Fsp3) is 0.250. The van der Waals surface area contributed by atoms with E-state index in [4.69, 9.17) is 0 Å². The quantitative estimate of drug-likeness (QED) is 0.506. The van der Waals surface area contributed by atoms with Gasteiger partial charge in [0.05, 0.1) is 0 Å². The first kappa shape index (κ1) is 9.72. The number of aldehydes is 1. The van der Waals surface area contributed by atoms with Gasteiger partial charge >= 0.3 is 0 Å². The van der Waals surface area contributed by atoms with E-state index < -0.39 is 0 Å². The molecule has 0 fully saturated rings. The summed E-state index contributed by atoms with van der Waals surface area (Å²) in [4.78, 5) is 10.6. The zero-order chi connectivity index (χ0) is 9.68. The minimum Gasteiger partial charge on any atom is -0.298 e. The van der Waals surface area contributed by atoms with E-state index in [0.717, 1.165) is 12.7 Å². The number of carbonyl (C=O) groups is 1. The molecule has 0 aliphatic heterocycles. The highest BCUT2D eigenvalue weighted by Gasteiger charge is 2.11. The first-order valence-electron chi connectivity index (χ1n) is 4.48. The SMILES string of the molecule is C=C(C=O)[C@H](CC)c1ccccc1. The molecule has 1 nitrogen and oxygen atoms in total. The van der Waals surface area contributed by atoms with Crippen molar-refractivity contribution in [1.82, 2.24) is 0 Å². The second-order valence-corrected chi connectivity index (χ2v) is 3.06. The smallest absolute Gasteiger partial charge is 0.146 e. The maximum atomic E-state index is 10.6. The zero-order valence-electron chi connectivity index (χ0n) is 7.86. The lowest BCUT2D eigenvalue weighted by Gasteiger charge is -2.13. The first-order valence-corrected chi connectivity index (χ1v) is 4.48. The summed E-state index contributed by atoms with van der Waals surface area (Å²) >= 11 is 0. The average molecular weight is 174 g/mol. The molecule has 0 radical (unpaired) electrons. The van der Waals surface area contributed by atoms with Crippen LogP contribution in [0.1, 0.15) is 24.8 Å². The van der Waals surface area contributed by atoms with Gasteiger partial charge in [-0.25, -0.2) is 0 Å². The Kier molecular flexibility index (Phi) is 3.44. The number of hydrogen-bond acceptors (Lipinski definition) is 1. The largest absolute Gasteiger partial charge is 0.298 e. The fourth-order valence-electron chi connectivity index (χ4n) is 1.48. The lowest BCUT2D eigenvalue weighted by Crippen LogP contribution is -2.00. The molecule has 68 valence electrons. The van der Waals surface area contributed by atoms with Crippen LogP contribution in [0.15, 0.2) is 42.5 Å². The summed E-state index contributed by atoms with van der Waals surface area (Å²) in [7, 11) is 0. The van der Waals surface area contributed by atoms with Crippen molar-refractivity contribution in [3.8, 4) is 0 Å². The Morgan fingerprint density at radius 2 is 2.08 bits per heavy atom. The third kappa shape index (κ3) is 2.28. The molecule has 0 aromatic heterocycles. The Balaban J connectivity index is 2.91. The van der Waals surface area contributed by atoms with Gasteiger partial charge in [0.15, 0.2) is 0 Å². The molecule has 0 saturated heterocycles. The van der Waals surface area contributed by atoms with E-state index in [1.54, 1.807) is 0 Å². The van der Waals surface area contributed by atoms with Crippen molar-refractivity contribution in [3.05, 3.63) is 48.0 Å². The summed E-state index contributed by atoms with van der Waals surface area (Å²) in [5.74, 6) is 0.179. The number of rotatable bonds is 4. The van der Waals surface area contributed by atoms with E-state index in [2.05, 4.69) is 13.5 Å². The molecule has 13 heavy (non-hydrogen) atoms. The molecule has 1 rings (SSSR count). The molecule has 1 aromatic carbocycles. The van der Waals surface area contributed by atoms with Gasteiger partial charge in [0.2, 0.25) is 0 Å². The molecule has 0 N–H and O–H groups in total. The van der Waals surface area contributed by atoms with Crippen LogP contribution in [0.3, 0.4) is 0 Å². The fourth-order valence-corrected chi connectivity index (χ4v) is 1.48. The van der Waals surface area contributed by atoms with E-state index in [1.165, 1.54) is 5.56 Å². The number of carbonyl (C=O) groups excluding carboxylic acids is 1. The standard InChI is InChI=1S/C12H14O/c1-3-12(10(2)9-13)11-7-5-4-6-8-11/h4-9,12H,2-3H2,1H3/t12-/m0/s1. The van der Waals surface area contributed by atoms with E-state index in [-0.39, 0.29) is 5.92 Å². The maximum Gasteiger partial charge on any atom is 0.146 e. The van der Waals surface area contributed by atoms with Crippen molar-refractivity contribution in [2.24, 2.45) is 0 Å². The summed E-state index contributed by atoms with van der Waals surface area (Å²) in [5, 5.41) is 0. The van der Waals surface area contributed by atoms with Crippen LogP contribution in [0.5, 0.6) is 0 Å². The predicted molar refractivity (Wildman–Crippen MR) is 54.7 cm³/mol. The van der Waals surface area contributed by atoms with Crippen LogP contribution in [0.25, 0.3) is 0 Å². The van der Waals surface area contributed by atoms with Gasteiger partial charge in [0.1, 0.15) is 6.29 Å². The van der Waals surface area contributed by atoms with Crippen LogP contribution < -0.4 is 0 Å². The second-order valence-electron chi connectivity index (χ2n) is 3.06. The highest BCUT2D eigenvalue weighted by molar-refractivity contribution is 5.74. The highest BCUT2D eigenvalue weighted by atomic mass is 16.1. The zero-order valence-corrected chi connectivity index (χ0v) is 7.86. The van der Waals surface area contributed by atoms with Crippen molar-refractivity contribution in [3.63, 3.8) is 0 Å². The van der Waals surface area contributed by atoms with Crippen LogP contribution in [0.2, 0.25) is 0 Å². The summed E-state index contributed by atoms with van der Waals surface area (Å²) in [6, 6.07) is 10.00. The number of benzene rings is 1. The predicted octanol–water partition coefficient (Wildman–Crippen LogP) is 2.94. The topological polar surface area (TPSA) is 17.1 Å². The van der Waals surface area contributed by atoms with Crippen molar-refractivity contribution >= 4 is 6.29 Å². The third-order valence-electron chi connectivity index (χ3n) is 2.21. The molecule has 0 spiro atoms. The van der Waals surface area contributed by atoms with Crippen LogP contribution in [-0.4, -0.2) is 6.29 Å². The Labute approximate surface area is 79.1 Å². The third-order valence-corrected chi connectivity index (χ3v) is 2.21. The van der Waals surface area contributed by atoms with E-state index in [0.29, 0.717) is 5.57 Å². The van der Waals surface area contributed by atoms with Gasteiger partial charge in [-0.3, -0.25) is 4.79 Å². The molecule has 0 aliphatic rings. The lowest BCUT2D eigenvalue weighted by molar-refractivity contribution is -0.105. The summed E-state index contributed by atoms with van der Waals surface area (Å²) in [6.07, 6.45) is 1.77. The minimum atomic E-state index is 0.179. The molecule has 0 unspecified atom stereocenters. The molecular weight excluding hydrogens is 160 g/mol. The lowest BCUT2D eigenvalue weighted by atomic mass is 9.90. The Morgan fingerprint density at radius 3 is 2.54 bits per heavy atom. The van der Waals surface area contributed by atoms with Gasteiger partial charge in [-0.05, 0) is 17.6 Å². The van der Waals surface area contributed by atoms with Crippen molar-refractivity contribution < 1.29 is 4.79 Å². The maximum absolute atomic E-state index is 10.6. The summed E-state index contributed by atoms with van der Waals surface area (Å²) in [6.45, 7) is 5.81. The Bertz CT molecular complexity index is 287. The molecule has 0 heterocycles. The Hall–Kier alpha value is -1.37. The molecule has 1 atom stereocenters. The van der Waals surface area contributed by atoms with Gasteiger partial charge in [-0.15, -0.1) is 0 Å². The number of hydrogen-bond donors (Lipinski definition) is 0. The van der Waals surface area contributed by atoms with Gasteiger partial charge in [-0.1, -0.05) is 43.8 Å². The van der Waals surface area contributed by atoms with E-state index in [1.807, 2.05) is 30.3 Å². The van der Waals surface area contributed by atoms with Crippen molar-refractivity contribution in [1.29, 1.82) is 0 Å². The number of allylic oxidation sites excluding steroid dienone is 1. The minimum absolute atomic E-state index is 0.179. The monoisotopic (exact) mass is 174 g/mol. The second kappa shape index (κ2) is 4.61. The molecule has 0 saturated carbocycles. The van der Waals surface area contributed by atoms with Gasteiger partial charge in [-0.2, -0.15) is 0 Å². The Morgan fingerprint density at radius 1 is 1.46 bits per heavy atom. The van der Waals surface area contributed by atoms with Gasteiger partial charge < -0.3 is 0 Å². The van der Waals surface area contributed by atoms with Gasteiger partial charge in [0.25, 0.3) is 0 Å². The normalized spacial score (nSPS) is 12.1. The first-order chi connectivity index (χ1) is 6.29. The van der Waals surface area contributed by atoms with Crippen molar-refractivity contribution in [2.45, 2.75) is 19.3 Å². The van der Waals surface area contributed by atoms with Crippen LogP contribution in [-0.2, 0) is 4.79 Å². The van der Waals surface area contributed by atoms with Crippen LogP contribution in [0.4, 0.5) is 0 Å². The average Bonchev–Trinajstić information content (AvgIpc) is 2.20. The van der Waals surface area contributed by atoms with Gasteiger partial charge in [0, 0.05) is 5.92 Å². The van der Waals surface area contributed by atoms with E-state index >= 15 is 0 Å². The highest BCUT2D eigenvalue weighted by Crippen LogP contribution is 2.24. The molecule has 0 aliphatic carbocycles. The van der Waals surface area contributed by atoms with Crippen molar-refractivity contribution in [2.75, 3.05) is 0 Å². The summed E-state index contributed by atoms with van der Waals surface area (Å²) in [5.41, 5.74) is 1.83.